The average molecular weight is 357 g/mol. The minimum absolute atomic E-state index is 0.0158. The van der Waals surface area contributed by atoms with Crippen LogP contribution in [0, 0.1) is 0 Å². The van der Waals surface area contributed by atoms with Gasteiger partial charge in [0.25, 0.3) is 0 Å². The van der Waals surface area contributed by atoms with Crippen LogP contribution >= 0.6 is 11.8 Å². The second-order valence-corrected chi connectivity index (χ2v) is 7.89. The fourth-order valence-corrected chi connectivity index (χ4v) is 4.94. The molecule has 1 radical (unpaired) electrons. The van der Waals surface area contributed by atoms with Crippen molar-refractivity contribution in [2.75, 3.05) is 17.7 Å². The average Bonchev–Trinajstić information content (AvgIpc) is 2.65. The van der Waals surface area contributed by atoms with Gasteiger partial charge in [-0.3, -0.25) is 9.59 Å². The van der Waals surface area contributed by atoms with Gasteiger partial charge in [-0.25, -0.2) is 9.97 Å². The molecule has 1 spiro atoms. The lowest BCUT2D eigenvalue weighted by molar-refractivity contribution is -0.132. The fourth-order valence-electron chi connectivity index (χ4n) is 4.60. The quantitative estimate of drug-likeness (QED) is 0.459. The third-order valence-electron chi connectivity index (χ3n) is 5.79. The zero-order valence-electron chi connectivity index (χ0n) is 14.7. The maximum absolute atomic E-state index is 13.0. The number of hydrogen-bond acceptors (Lipinski definition) is 6. The number of thioether (sulfide) groups is 1. The number of aromatic nitrogens is 2. The molecular formula is C17H22BN4O2S. The highest BCUT2D eigenvalue weighted by Gasteiger charge is 2.53. The van der Waals surface area contributed by atoms with Crippen LogP contribution in [0.1, 0.15) is 48.9 Å². The summed E-state index contributed by atoms with van der Waals surface area (Å²) < 4.78 is 0. The van der Waals surface area contributed by atoms with Crippen LogP contribution in [-0.2, 0) is 4.79 Å². The molecule has 1 aromatic rings. The Hall–Kier alpha value is -1.57. The summed E-state index contributed by atoms with van der Waals surface area (Å²) in [5.41, 5.74) is 0.448. The molecule has 131 valence electrons. The fraction of sp³-hybridized carbons (Fsp3) is 0.647. The Morgan fingerprint density at radius 1 is 1.28 bits per heavy atom. The number of hydrogen-bond donors (Lipinski definition) is 0. The highest BCUT2D eigenvalue weighted by atomic mass is 32.2. The SMILES string of the molecule is C[B]N1CC2(CCCCC2)N2c3nc(SC)ncc3C(=O)CC2C1=O. The Morgan fingerprint density at radius 2 is 2.04 bits per heavy atom. The van der Waals surface area contributed by atoms with E-state index in [0.717, 1.165) is 25.7 Å². The molecule has 3 aliphatic rings. The van der Waals surface area contributed by atoms with E-state index < -0.39 is 6.04 Å². The van der Waals surface area contributed by atoms with Gasteiger partial charge in [0, 0.05) is 19.2 Å². The Labute approximate surface area is 153 Å². The van der Waals surface area contributed by atoms with E-state index in [-0.39, 0.29) is 23.7 Å². The number of carbonyl (C=O) groups excluding carboxylic acids is 2. The second kappa shape index (κ2) is 6.30. The van der Waals surface area contributed by atoms with Crippen molar-refractivity contribution >= 4 is 36.7 Å². The van der Waals surface area contributed by atoms with Crippen LogP contribution < -0.4 is 4.90 Å². The van der Waals surface area contributed by atoms with Crippen molar-refractivity contribution in [1.82, 2.24) is 14.8 Å². The maximum atomic E-state index is 13.0. The minimum Gasteiger partial charge on any atom is -0.387 e. The van der Waals surface area contributed by atoms with Gasteiger partial charge in [0.05, 0.1) is 11.1 Å². The predicted octanol–water partition coefficient (Wildman–Crippen LogP) is 2.17. The van der Waals surface area contributed by atoms with Gasteiger partial charge in [0.2, 0.25) is 13.3 Å². The van der Waals surface area contributed by atoms with Crippen molar-refractivity contribution in [3.05, 3.63) is 11.8 Å². The summed E-state index contributed by atoms with van der Waals surface area (Å²) in [5, 5.41) is 0.648. The largest absolute Gasteiger partial charge is 0.387 e. The smallest absolute Gasteiger partial charge is 0.246 e. The van der Waals surface area contributed by atoms with Crippen LogP contribution in [0.25, 0.3) is 0 Å². The molecule has 0 N–H and O–H groups in total. The molecule has 1 saturated heterocycles. The first-order valence-electron chi connectivity index (χ1n) is 8.93. The van der Waals surface area contributed by atoms with Crippen LogP contribution in [0.15, 0.2) is 11.4 Å². The van der Waals surface area contributed by atoms with Crippen molar-refractivity contribution in [2.24, 2.45) is 0 Å². The molecule has 4 rings (SSSR count). The zero-order chi connectivity index (χ0) is 17.6. The third-order valence-corrected chi connectivity index (χ3v) is 6.35. The van der Waals surface area contributed by atoms with E-state index in [9.17, 15) is 9.59 Å². The van der Waals surface area contributed by atoms with Gasteiger partial charge < -0.3 is 9.71 Å². The lowest BCUT2D eigenvalue weighted by Crippen LogP contribution is -2.71. The Morgan fingerprint density at radius 3 is 2.72 bits per heavy atom. The molecule has 0 bridgehead atoms. The molecule has 2 aliphatic heterocycles. The molecule has 1 atom stereocenters. The summed E-state index contributed by atoms with van der Waals surface area (Å²) in [6, 6.07) is -0.437. The predicted molar refractivity (Wildman–Crippen MR) is 98.2 cm³/mol. The van der Waals surface area contributed by atoms with Crippen LogP contribution in [0.3, 0.4) is 0 Å². The molecule has 2 fully saturated rings. The number of fused-ring (bicyclic) bond motifs is 4. The molecular weight excluding hydrogens is 335 g/mol. The van der Waals surface area contributed by atoms with E-state index in [0.29, 0.717) is 23.1 Å². The van der Waals surface area contributed by atoms with Gasteiger partial charge in [-0.2, -0.15) is 0 Å². The lowest BCUT2D eigenvalue weighted by Gasteiger charge is -2.57. The Balaban J connectivity index is 1.87. The Kier molecular flexibility index (Phi) is 4.26. The van der Waals surface area contributed by atoms with E-state index in [1.54, 1.807) is 6.20 Å². The first-order valence-corrected chi connectivity index (χ1v) is 10.2. The van der Waals surface area contributed by atoms with E-state index in [1.807, 2.05) is 25.3 Å². The molecule has 6 nitrogen and oxygen atoms in total. The molecule has 1 aliphatic carbocycles. The normalized spacial score (nSPS) is 25.0. The number of amides is 1. The van der Waals surface area contributed by atoms with Crippen molar-refractivity contribution in [1.29, 1.82) is 0 Å². The summed E-state index contributed by atoms with van der Waals surface area (Å²) in [4.78, 5) is 38.6. The minimum atomic E-state index is -0.437. The zero-order valence-corrected chi connectivity index (χ0v) is 15.5. The number of nitrogens with zero attached hydrogens (tertiary/aromatic N) is 4. The number of Topliss-reactive ketones (excluding diaryl/α,β-unsaturated/α-hetero) is 1. The van der Waals surface area contributed by atoms with Crippen LogP contribution in [0.2, 0.25) is 6.82 Å². The number of anilines is 1. The number of carbonyl (C=O) groups is 2. The summed E-state index contributed by atoms with van der Waals surface area (Å²) >= 11 is 1.46. The molecule has 25 heavy (non-hydrogen) atoms. The number of piperazine rings is 1. The van der Waals surface area contributed by atoms with E-state index in [2.05, 4.69) is 14.9 Å². The summed E-state index contributed by atoms with van der Waals surface area (Å²) in [6.45, 7) is 2.59. The summed E-state index contributed by atoms with van der Waals surface area (Å²) in [5.74, 6) is 0.662. The van der Waals surface area contributed by atoms with Gasteiger partial charge in [-0.05, 0) is 19.1 Å². The van der Waals surface area contributed by atoms with Crippen LogP contribution in [0.5, 0.6) is 0 Å². The maximum Gasteiger partial charge on any atom is 0.246 e. The lowest BCUT2D eigenvalue weighted by atomic mass is 9.73. The number of rotatable bonds is 2. The third kappa shape index (κ3) is 2.57. The van der Waals surface area contributed by atoms with Crippen LogP contribution in [-0.4, -0.2) is 58.3 Å². The van der Waals surface area contributed by atoms with Crippen molar-refractivity contribution < 1.29 is 9.59 Å². The highest BCUT2D eigenvalue weighted by Crippen LogP contribution is 2.45. The van der Waals surface area contributed by atoms with Gasteiger partial charge in [0.15, 0.2) is 10.9 Å². The van der Waals surface area contributed by atoms with E-state index in [4.69, 9.17) is 0 Å². The van der Waals surface area contributed by atoms with Gasteiger partial charge in [-0.15, -0.1) is 0 Å². The molecule has 0 aromatic carbocycles. The molecule has 1 amide bonds. The van der Waals surface area contributed by atoms with Crippen molar-refractivity contribution in [3.8, 4) is 0 Å². The first kappa shape index (κ1) is 16.9. The molecule has 1 aromatic heterocycles. The van der Waals surface area contributed by atoms with Gasteiger partial charge in [-0.1, -0.05) is 37.8 Å². The van der Waals surface area contributed by atoms with Gasteiger partial charge in [0.1, 0.15) is 11.9 Å². The van der Waals surface area contributed by atoms with Crippen molar-refractivity contribution in [3.63, 3.8) is 0 Å². The summed E-state index contributed by atoms with van der Waals surface area (Å²) in [7, 11) is 1.86. The molecule has 8 heteroatoms. The Bertz CT molecular complexity index is 723. The standard InChI is InChI=1S/C17H22BN4O2S/c1-18-21-10-17(6-4-3-5-7-17)22-12(15(21)24)8-13(23)11-9-19-16(25-2)20-14(11)22/h9,12H,3-8,10H2,1-2H3. The molecule has 3 heterocycles. The summed E-state index contributed by atoms with van der Waals surface area (Å²) in [6.07, 6.45) is 9.40. The monoisotopic (exact) mass is 357 g/mol. The molecule has 1 unspecified atom stereocenters. The van der Waals surface area contributed by atoms with E-state index >= 15 is 0 Å². The van der Waals surface area contributed by atoms with Crippen molar-refractivity contribution in [2.45, 2.75) is 62.1 Å². The first-order chi connectivity index (χ1) is 12.1. The topological polar surface area (TPSA) is 66.4 Å². The van der Waals surface area contributed by atoms with E-state index in [1.165, 1.54) is 18.2 Å². The highest BCUT2D eigenvalue weighted by molar-refractivity contribution is 7.98. The molecule has 1 saturated carbocycles. The van der Waals surface area contributed by atoms with Gasteiger partial charge >= 0.3 is 0 Å². The number of ketones is 1. The van der Waals surface area contributed by atoms with Crippen LogP contribution in [0.4, 0.5) is 5.82 Å². The second-order valence-electron chi connectivity index (χ2n) is 7.12.